The van der Waals surface area contributed by atoms with Crippen LogP contribution in [0.1, 0.15) is 1.43 Å². The summed E-state index contributed by atoms with van der Waals surface area (Å²) >= 11 is 0. The molecule has 0 aliphatic carbocycles. The molecule has 0 rings (SSSR count). The van der Waals surface area contributed by atoms with Gasteiger partial charge in [-0.15, -0.1) is 0 Å². The average molecular weight is 305 g/mol. The van der Waals surface area contributed by atoms with Crippen LogP contribution in [-0.2, 0) is 20.4 Å². The van der Waals surface area contributed by atoms with Gasteiger partial charge in [-0.05, 0) is 0 Å². The van der Waals surface area contributed by atoms with E-state index in [1.54, 1.807) is 0 Å². The molecule has 0 aliphatic rings. The summed E-state index contributed by atoms with van der Waals surface area (Å²) in [7, 11) is -13.0. The van der Waals surface area contributed by atoms with Crippen molar-refractivity contribution in [2.45, 2.75) is 11.4 Å². The van der Waals surface area contributed by atoms with Gasteiger partial charge >= 0.3 is 61.4 Å². The maximum absolute atomic E-state index is 12.0. The fraction of sp³-hybridized carbons (Fsp3) is 1.00. The van der Waals surface area contributed by atoms with E-state index < -0.39 is 36.0 Å². The predicted molar refractivity (Wildman–Crippen MR) is 34.2 cm³/mol. The second kappa shape index (κ2) is 4.97. The summed E-state index contributed by atoms with van der Waals surface area (Å²) < 4.78 is 109. The minimum atomic E-state index is -6.75. The van der Waals surface area contributed by atoms with Gasteiger partial charge in [0.05, 0.1) is 0 Å². The molecule has 0 aliphatic heterocycles. The first-order valence-electron chi connectivity index (χ1n) is 2.63. The molecule has 94 valence electrons. The zero-order chi connectivity index (χ0) is 12.7. The van der Waals surface area contributed by atoms with Crippen molar-refractivity contribution >= 4 is 20.4 Å². The topological polar surface area (TPSA) is 80.3 Å². The quantitative estimate of drug-likeness (QED) is 0.352. The van der Waals surface area contributed by atoms with E-state index in [0.29, 0.717) is 0 Å². The second-order valence-electron chi connectivity index (χ2n) is 2.04. The summed E-state index contributed by atoms with van der Waals surface area (Å²) in [6.45, 7) is 0. The first-order valence-corrected chi connectivity index (χ1v) is 5.49. The SMILES string of the molecule is O=S(=O)(F)NS(=O)(=O)C(F)(F)C(F)(F)F.[H-].[Na+]. The van der Waals surface area contributed by atoms with Gasteiger partial charge < -0.3 is 1.43 Å². The summed E-state index contributed by atoms with van der Waals surface area (Å²) in [6, 6.07) is 0. The molecule has 0 spiro atoms. The molecule has 1 N–H and O–H groups in total. The zero-order valence-corrected chi connectivity index (χ0v) is 10.9. The smallest absolute Gasteiger partial charge is 1.00 e. The van der Waals surface area contributed by atoms with Crippen molar-refractivity contribution in [1.82, 2.24) is 4.13 Å². The minimum absolute atomic E-state index is 0. The molecule has 0 aromatic rings. The normalized spacial score (nSPS) is 14.4. The van der Waals surface area contributed by atoms with Crippen LogP contribution in [-0.4, -0.2) is 28.3 Å². The Balaban J connectivity index is -0.000000980. The van der Waals surface area contributed by atoms with Crippen molar-refractivity contribution in [3.8, 4) is 0 Å². The molecular formula is C2H2F6NNaO4S2. The van der Waals surface area contributed by atoms with E-state index in [2.05, 4.69) is 0 Å². The fourth-order valence-electron chi connectivity index (χ4n) is 0.336. The van der Waals surface area contributed by atoms with Gasteiger partial charge in [0.15, 0.2) is 0 Å². The summed E-state index contributed by atoms with van der Waals surface area (Å²) in [5.74, 6) is 0. The molecule has 0 aromatic heterocycles. The van der Waals surface area contributed by atoms with E-state index in [0.717, 1.165) is 0 Å². The van der Waals surface area contributed by atoms with Crippen LogP contribution in [0.15, 0.2) is 0 Å². The van der Waals surface area contributed by atoms with E-state index in [1.807, 2.05) is 0 Å². The largest absolute Gasteiger partial charge is 1.00 e. The van der Waals surface area contributed by atoms with Crippen LogP contribution in [0.2, 0.25) is 0 Å². The zero-order valence-electron chi connectivity index (χ0n) is 8.22. The Morgan fingerprint density at radius 3 is 1.44 bits per heavy atom. The van der Waals surface area contributed by atoms with Gasteiger partial charge in [-0.3, -0.25) is 0 Å². The van der Waals surface area contributed by atoms with E-state index in [9.17, 15) is 42.7 Å². The van der Waals surface area contributed by atoms with E-state index in [-0.39, 0.29) is 31.0 Å². The molecule has 0 amide bonds. The van der Waals surface area contributed by atoms with E-state index in [4.69, 9.17) is 0 Å². The van der Waals surface area contributed by atoms with Gasteiger partial charge in [-0.2, -0.15) is 30.4 Å². The number of sulfonamides is 1. The molecule has 0 bridgehead atoms. The standard InChI is InChI=1S/C2HF6NO4S2.Na.H/c3-1(4,5)2(6,7)14(10,11)9-15(8,12)13;;/h9H;;/q;+1;-1. The maximum Gasteiger partial charge on any atom is 1.00 e. The van der Waals surface area contributed by atoms with E-state index in [1.165, 1.54) is 0 Å². The Morgan fingerprint density at radius 2 is 1.25 bits per heavy atom. The maximum atomic E-state index is 12.0. The summed E-state index contributed by atoms with van der Waals surface area (Å²) in [5.41, 5.74) is 0. The third-order valence-corrected chi connectivity index (χ3v) is 3.46. The van der Waals surface area contributed by atoms with Crippen molar-refractivity contribution in [2.75, 3.05) is 0 Å². The van der Waals surface area contributed by atoms with Crippen LogP contribution in [0.5, 0.6) is 0 Å². The van der Waals surface area contributed by atoms with Crippen LogP contribution < -0.4 is 33.7 Å². The van der Waals surface area contributed by atoms with Gasteiger partial charge in [0, 0.05) is 0 Å². The van der Waals surface area contributed by atoms with Crippen molar-refractivity contribution in [1.29, 1.82) is 0 Å². The minimum Gasteiger partial charge on any atom is -1.00 e. The molecule has 0 saturated carbocycles. The van der Waals surface area contributed by atoms with Crippen molar-refractivity contribution < 1.29 is 73.7 Å². The number of alkyl halides is 5. The first kappa shape index (κ1) is 18.8. The molecule has 0 unspecified atom stereocenters. The summed E-state index contributed by atoms with van der Waals surface area (Å²) in [4.78, 5) is 0. The monoisotopic (exact) mass is 305 g/mol. The van der Waals surface area contributed by atoms with Gasteiger partial charge in [-0.25, -0.2) is 8.42 Å². The molecule has 5 nitrogen and oxygen atoms in total. The molecular weight excluding hydrogens is 303 g/mol. The van der Waals surface area contributed by atoms with Crippen LogP contribution >= 0.6 is 0 Å². The predicted octanol–water partition coefficient (Wildman–Crippen LogP) is -2.61. The average Bonchev–Trinajstić information content (AvgIpc) is 1.77. The Bertz CT molecular complexity index is 443. The first-order chi connectivity index (χ1) is 6.21. The Hall–Kier alpha value is 0.440. The molecule has 0 radical (unpaired) electrons. The number of halogens is 6. The number of hydrogen-bond donors (Lipinski definition) is 1. The van der Waals surface area contributed by atoms with Gasteiger partial charge in [-0.1, -0.05) is 8.01 Å². The summed E-state index contributed by atoms with van der Waals surface area (Å²) in [6.07, 6.45) is -6.57. The molecule has 16 heavy (non-hydrogen) atoms. The molecule has 0 fully saturated rings. The van der Waals surface area contributed by atoms with Crippen molar-refractivity contribution in [3.63, 3.8) is 0 Å². The molecule has 0 aromatic carbocycles. The van der Waals surface area contributed by atoms with Crippen LogP contribution in [0.3, 0.4) is 0 Å². The Labute approximate surface area is 109 Å². The van der Waals surface area contributed by atoms with Gasteiger partial charge in [0.25, 0.3) is 0 Å². The van der Waals surface area contributed by atoms with Crippen LogP contribution in [0.4, 0.5) is 25.8 Å². The second-order valence-corrected chi connectivity index (χ2v) is 5.10. The molecule has 0 saturated heterocycles. The van der Waals surface area contributed by atoms with Crippen molar-refractivity contribution in [3.05, 3.63) is 0 Å². The number of nitrogens with one attached hydrogen (secondary N) is 1. The van der Waals surface area contributed by atoms with E-state index >= 15 is 0 Å². The number of rotatable bonds is 3. The van der Waals surface area contributed by atoms with Crippen LogP contribution in [0, 0.1) is 0 Å². The van der Waals surface area contributed by atoms with Gasteiger partial charge in [0.1, 0.15) is 0 Å². The molecule has 14 heteroatoms. The Kier molecular flexibility index (Phi) is 5.84. The van der Waals surface area contributed by atoms with Gasteiger partial charge in [0.2, 0.25) is 0 Å². The fourth-order valence-corrected chi connectivity index (χ4v) is 2.11. The summed E-state index contributed by atoms with van der Waals surface area (Å²) in [5, 5.41) is -6.42. The third kappa shape index (κ3) is 4.37. The van der Waals surface area contributed by atoms with Crippen LogP contribution in [0.25, 0.3) is 0 Å². The molecule has 0 atom stereocenters. The number of hydrogen-bond acceptors (Lipinski definition) is 4. The third-order valence-electron chi connectivity index (χ3n) is 0.877. The Morgan fingerprint density at radius 1 is 0.938 bits per heavy atom. The molecule has 0 heterocycles. The van der Waals surface area contributed by atoms with Crippen molar-refractivity contribution in [2.24, 2.45) is 0 Å².